The fourth-order valence-electron chi connectivity index (χ4n) is 1.86. The molecule has 23 heavy (non-hydrogen) atoms. The summed E-state index contributed by atoms with van der Waals surface area (Å²) in [5.74, 6) is 0.361. The number of halogens is 2. The van der Waals surface area contributed by atoms with Crippen molar-refractivity contribution in [3.63, 3.8) is 0 Å². The molecule has 2 rings (SSSR count). The van der Waals surface area contributed by atoms with Crippen molar-refractivity contribution in [1.29, 1.82) is 0 Å². The van der Waals surface area contributed by atoms with Crippen molar-refractivity contribution < 1.29 is 9.53 Å². The molecule has 0 fully saturated rings. The van der Waals surface area contributed by atoms with Gasteiger partial charge in [0, 0.05) is 10.0 Å². The molecule has 0 heterocycles. The van der Waals surface area contributed by atoms with Gasteiger partial charge in [0.1, 0.15) is 5.75 Å². The maximum Gasteiger partial charge on any atom is 0.257 e. The van der Waals surface area contributed by atoms with E-state index < -0.39 is 0 Å². The number of benzene rings is 2. The normalized spacial score (nSPS) is 10.1. The minimum atomic E-state index is -0.297. The Morgan fingerprint density at radius 3 is 2.48 bits per heavy atom. The van der Waals surface area contributed by atoms with Crippen molar-refractivity contribution in [2.24, 2.45) is 0 Å². The number of thiocarbonyl (C=S) groups is 1. The molecule has 0 aliphatic carbocycles. The molecule has 0 aliphatic rings. The van der Waals surface area contributed by atoms with Crippen molar-refractivity contribution in [2.45, 2.75) is 6.92 Å². The molecule has 0 radical (unpaired) electrons. The predicted octanol–water partition coefficient (Wildman–Crippen LogP) is 4.66. The van der Waals surface area contributed by atoms with E-state index in [1.54, 1.807) is 25.3 Å². The van der Waals surface area contributed by atoms with E-state index in [4.69, 9.17) is 17.0 Å². The molecule has 0 unspecified atom stereocenters. The van der Waals surface area contributed by atoms with E-state index in [-0.39, 0.29) is 11.0 Å². The fraction of sp³-hybridized carbons (Fsp3) is 0.125. The first-order valence-electron chi connectivity index (χ1n) is 6.62. The third-order valence-electron chi connectivity index (χ3n) is 3.01. The minimum absolute atomic E-state index is 0.228. The summed E-state index contributed by atoms with van der Waals surface area (Å²) in [6, 6.07) is 10.9. The van der Waals surface area contributed by atoms with Gasteiger partial charge in [-0.15, -0.1) is 0 Å². The lowest BCUT2D eigenvalue weighted by molar-refractivity contribution is 0.0977. The molecule has 7 heteroatoms. The average molecular weight is 458 g/mol. The molecule has 4 nitrogen and oxygen atoms in total. The zero-order valence-electron chi connectivity index (χ0n) is 12.4. The minimum Gasteiger partial charge on any atom is -0.496 e. The van der Waals surface area contributed by atoms with Crippen LogP contribution in [0.1, 0.15) is 15.9 Å². The van der Waals surface area contributed by atoms with Gasteiger partial charge in [0.2, 0.25) is 0 Å². The Balaban J connectivity index is 2.05. The monoisotopic (exact) mass is 456 g/mol. The SMILES string of the molecule is COc1ccc(C(=O)NC(=S)Nc2ccc(C)cc2Br)cc1Br. The summed E-state index contributed by atoms with van der Waals surface area (Å²) in [6.07, 6.45) is 0. The van der Waals surface area contributed by atoms with E-state index in [0.29, 0.717) is 15.8 Å². The summed E-state index contributed by atoms with van der Waals surface area (Å²) in [7, 11) is 1.57. The van der Waals surface area contributed by atoms with Gasteiger partial charge >= 0.3 is 0 Å². The van der Waals surface area contributed by atoms with Crippen LogP contribution in [-0.2, 0) is 0 Å². The van der Waals surface area contributed by atoms with Crippen LogP contribution >= 0.6 is 44.1 Å². The van der Waals surface area contributed by atoms with Gasteiger partial charge in [-0.2, -0.15) is 0 Å². The largest absolute Gasteiger partial charge is 0.496 e. The molecular formula is C16H14Br2N2O2S. The maximum atomic E-state index is 12.2. The van der Waals surface area contributed by atoms with Crippen LogP contribution in [0.25, 0.3) is 0 Å². The van der Waals surface area contributed by atoms with Gasteiger partial charge in [0.25, 0.3) is 5.91 Å². The molecule has 0 saturated carbocycles. The molecule has 0 aliphatic heterocycles. The third-order valence-corrected chi connectivity index (χ3v) is 4.49. The van der Waals surface area contributed by atoms with Gasteiger partial charge in [-0.1, -0.05) is 6.07 Å². The zero-order valence-corrected chi connectivity index (χ0v) is 16.4. The highest BCUT2D eigenvalue weighted by Gasteiger charge is 2.11. The van der Waals surface area contributed by atoms with Gasteiger partial charge in [-0.05, 0) is 86.9 Å². The summed E-state index contributed by atoms with van der Waals surface area (Å²) in [5, 5.41) is 5.87. The van der Waals surface area contributed by atoms with E-state index in [1.165, 1.54) is 0 Å². The Hall–Kier alpha value is -1.44. The van der Waals surface area contributed by atoms with Crippen molar-refractivity contribution in [3.05, 3.63) is 56.5 Å². The van der Waals surface area contributed by atoms with Crippen LogP contribution in [0.15, 0.2) is 45.3 Å². The average Bonchev–Trinajstić information content (AvgIpc) is 2.50. The molecule has 120 valence electrons. The van der Waals surface area contributed by atoms with E-state index in [9.17, 15) is 4.79 Å². The fourth-order valence-corrected chi connectivity index (χ4v) is 3.19. The van der Waals surface area contributed by atoms with Gasteiger partial charge < -0.3 is 10.1 Å². The summed E-state index contributed by atoms with van der Waals surface area (Å²) < 4.78 is 6.72. The number of hydrogen-bond acceptors (Lipinski definition) is 3. The Morgan fingerprint density at radius 1 is 1.13 bits per heavy atom. The number of methoxy groups -OCH3 is 1. The Labute approximate surface area is 156 Å². The number of amides is 1. The second-order valence-corrected chi connectivity index (χ2v) is 6.86. The molecule has 0 saturated heterocycles. The van der Waals surface area contributed by atoms with Crippen molar-refractivity contribution in [1.82, 2.24) is 5.32 Å². The Bertz CT molecular complexity index is 766. The quantitative estimate of drug-likeness (QED) is 0.658. The lowest BCUT2D eigenvalue weighted by Gasteiger charge is -2.12. The molecule has 1 amide bonds. The van der Waals surface area contributed by atoms with Gasteiger partial charge in [0.15, 0.2) is 5.11 Å². The number of rotatable bonds is 3. The van der Waals surface area contributed by atoms with Crippen LogP contribution in [0.4, 0.5) is 5.69 Å². The van der Waals surface area contributed by atoms with Crippen LogP contribution in [0, 0.1) is 6.92 Å². The summed E-state index contributed by atoms with van der Waals surface area (Å²) in [5.41, 5.74) is 2.39. The van der Waals surface area contributed by atoms with Crippen LogP contribution in [0.2, 0.25) is 0 Å². The number of nitrogens with one attached hydrogen (secondary N) is 2. The standard InChI is InChI=1S/C16H14Br2N2O2S/c1-9-3-5-13(11(17)7-9)19-16(23)20-15(21)10-4-6-14(22-2)12(18)8-10/h3-8H,1-2H3,(H2,19,20,21,23). The second kappa shape index (κ2) is 7.90. The molecule has 2 aromatic carbocycles. The third kappa shape index (κ3) is 4.76. The van der Waals surface area contributed by atoms with Crippen molar-refractivity contribution in [3.8, 4) is 5.75 Å². The van der Waals surface area contributed by atoms with Crippen LogP contribution < -0.4 is 15.4 Å². The number of ether oxygens (including phenoxy) is 1. The highest BCUT2D eigenvalue weighted by Crippen LogP contribution is 2.26. The van der Waals surface area contributed by atoms with Gasteiger partial charge in [-0.25, -0.2) is 0 Å². The summed E-state index contributed by atoms with van der Waals surface area (Å²) in [6.45, 7) is 2.00. The summed E-state index contributed by atoms with van der Waals surface area (Å²) in [4.78, 5) is 12.2. The van der Waals surface area contributed by atoms with Crippen molar-refractivity contribution >= 4 is 60.8 Å². The predicted molar refractivity (Wildman–Crippen MR) is 103 cm³/mol. The number of anilines is 1. The highest BCUT2D eigenvalue weighted by molar-refractivity contribution is 9.11. The lowest BCUT2D eigenvalue weighted by Crippen LogP contribution is -2.34. The molecular weight excluding hydrogens is 444 g/mol. The van der Waals surface area contributed by atoms with E-state index in [2.05, 4.69) is 42.5 Å². The molecule has 0 spiro atoms. The number of carbonyl (C=O) groups excluding carboxylic acids is 1. The van der Waals surface area contributed by atoms with Crippen LogP contribution in [0.5, 0.6) is 5.75 Å². The van der Waals surface area contributed by atoms with Gasteiger partial charge in [0.05, 0.1) is 17.3 Å². The first kappa shape index (κ1) is 17.9. The molecule has 2 aromatic rings. The first-order chi connectivity index (χ1) is 10.9. The first-order valence-corrected chi connectivity index (χ1v) is 8.62. The number of aryl methyl sites for hydroxylation is 1. The maximum absolute atomic E-state index is 12.2. The number of carbonyl (C=O) groups is 1. The zero-order chi connectivity index (χ0) is 17.0. The second-order valence-electron chi connectivity index (χ2n) is 4.74. The Kier molecular flexibility index (Phi) is 6.15. The molecule has 2 N–H and O–H groups in total. The van der Waals surface area contributed by atoms with E-state index >= 15 is 0 Å². The molecule has 0 bridgehead atoms. The van der Waals surface area contributed by atoms with Crippen molar-refractivity contribution in [2.75, 3.05) is 12.4 Å². The lowest BCUT2D eigenvalue weighted by atomic mass is 10.2. The molecule has 0 aromatic heterocycles. The van der Waals surface area contributed by atoms with E-state index in [1.807, 2.05) is 25.1 Å². The van der Waals surface area contributed by atoms with Crippen LogP contribution in [-0.4, -0.2) is 18.1 Å². The summed E-state index contributed by atoms with van der Waals surface area (Å²) >= 11 is 12.0. The highest BCUT2D eigenvalue weighted by atomic mass is 79.9. The molecule has 0 atom stereocenters. The Morgan fingerprint density at radius 2 is 1.87 bits per heavy atom. The van der Waals surface area contributed by atoms with E-state index in [0.717, 1.165) is 15.7 Å². The number of hydrogen-bond donors (Lipinski definition) is 2. The smallest absolute Gasteiger partial charge is 0.257 e. The van der Waals surface area contributed by atoms with Gasteiger partial charge in [-0.3, -0.25) is 10.1 Å². The topological polar surface area (TPSA) is 50.4 Å². The van der Waals surface area contributed by atoms with Crippen LogP contribution in [0.3, 0.4) is 0 Å².